The summed E-state index contributed by atoms with van der Waals surface area (Å²) in [7, 11) is 0. The lowest BCUT2D eigenvalue weighted by Gasteiger charge is -2.07. The molecule has 82 valence electrons. The van der Waals surface area contributed by atoms with E-state index in [4.69, 9.17) is 0 Å². The normalized spacial score (nSPS) is 13.3. The van der Waals surface area contributed by atoms with Crippen molar-refractivity contribution in [2.75, 3.05) is 0 Å². The van der Waals surface area contributed by atoms with Gasteiger partial charge < -0.3 is 4.79 Å². The van der Waals surface area contributed by atoms with Crippen molar-refractivity contribution in [2.24, 2.45) is 5.92 Å². The third-order valence-corrected chi connectivity index (χ3v) is 2.47. The maximum atomic E-state index is 10.1. The maximum Gasteiger partial charge on any atom is 0.120 e. The van der Waals surface area contributed by atoms with Crippen molar-refractivity contribution in [3.8, 4) is 0 Å². The zero-order valence-electron chi connectivity index (χ0n) is 9.67. The molecule has 0 aromatic rings. The first-order valence-electron chi connectivity index (χ1n) is 5.89. The molecule has 0 bridgehead atoms. The van der Waals surface area contributed by atoms with E-state index in [0.29, 0.717) is 5.92 Å². The van der Waals surface area contributed by atoms with Crippen molar-refractivity contribution < 1.29 is 4.79 Å². The van der Waals surface area contributed by atoms with Crippen LogP contribution in [0.5, 0.6) is 0 Å². The van der Waals surface area contributed by atoms with Crippen LogP contribution in [0.1, 0.15) is 58.8 Å². The van der Waals surface area contributed by atoms with Crippen LogP contribution in [0.15, 0.2) is 12.2 Å². The van der Waals surface area contributed by atoms with E-state index in [-0.39, 0.29) is 0 Å². The molecule has 0 aliphatic heterocycles. The number of aldehydes is 1. The average molecular weight is 196 g/mol. The van der Waals surface area contributed by atoms with Gasteiger partial charge in [-0.15, -0.1) is 0 Å². The molecule has 0 amide bonds. The molecule has 0 aliphatic rings. The lowest BCUT2D eigenvalue weighted by molar-refractivity contribution is -0.108. The van der Waals surface area contributed by atoms with Gasteiger partial charge in [-0.3, -0.25) is 0 Å². The van der Waals surface area contributed by atoms with Crippen molar-refractivity contribution >= 4 is 6.29 Å². The first kappa shape index (κ1) is 13.4. The molecule has 0 aromatic heterocycles. The summed E-state index contributed by atoms with van der Waals surface area (Å²) in [4.78, 5) is 10.1. The van der Waals surface area contributed by atoms with Crippen LogP contribution in [0.2, 0.25) is 0 Å². The Balaban J connectivity index is 3.21. The van der Waals surface area contributed by atoms with Gasteiger partial charge in [-0.1, -0.05) is 38.8 Å². The molecule has 1 atom stereocenters. The van der Waals surface area contributed by atoms with Gasteiger partial charge in [0.15, 0.2) is 0 Å². The number of hydrogen-bond acceptors (Lipinski definition) is 1. The van der Waals surface area contributed by atoms with Crippen molar-refractivity contribution in [3.05, 3.63) is 12.2 Å². The third kappa shape index (κ3) is 9.50. The summed E-state index contributed by atoms with van der Waals surface area (Å²) in [6.45, 7) is 4.44. The molecule has 0 rings (SSSR count). The molecule has 0 heterocycles. The molecule has 0 radical (unpaired) electrons. The second kappa shape index (κ2) is 10.5. The minimum absolute atomic E-state index is 0.708. The fourth-order valence-electron chi connectivity index (χ4n) is 1.48. The highest BCUT2D eigenvalue weighted by molar-refractivity contribution is 5.49. The second-order valence-corrected chi connectivity index (χ2v) is 4.04. The smallest absolute Gasteiger partial charge is 0.120 e. The Morgan fingerprint density at radius 3 is 2.43 bits per heavy atom. The molecule has 0 saturated heterocycles. The van der Waals surface area contributed by atoms with Gasteiger partial charge in [0.2, 0.25) is 0 Å². The van der Waals surface area contributed by atoms with E-state index in [2.05, 4.69) is 26.0 Å². The van der Waals surface area contributed by atoms with Crippen LogP contribution in [0.4, 0.5) is 0 Å². The largest absolute Gasteiger partial charge is 0.303 e. The predicted molar refractivity (Wildman–Crippen MR) is 62.4 cm³/mol. The van der Waals surface area contributed by atoms with Crippen molar-refractivity contribution in [3.63, 3.8) is 0 Å². The molecular formula is C13H24O. The molecule has 1 nitrogen and oxygen atoms in total. The molecular weight excluding hydrogens is 172 g/mol. The number of hydrogen-bond donors (Lipinski definition) is 0. The summed E-state index contributed by atoms with van der Waals surface area (Å²) >= 11 is 0. The lowest BCUT2D eigenvalue weighted by atomic mass is 9.99. The van der Waals surface area contributed by atoms with Gasteiger partial charge >= 0.3 is 0 Å². The van der Waals surface area contributed by atoms with Gasteiger partial charge in [-0.2, -0.15) is 0 Å². The van der Waals surface area contributed by atoms with Crippen LogP contribution < -0.4 is 0 Å². The standard InChI is InChI=1S/C13H24O/c1-3-4-5-6-7-8-10-13(2)11-9-12-14/h5-6,12-13H,3-4,7-11H2,1-2H3. The molecule has 0 aromatic carbocycles. The van der Waals surface area contributed by atoms with Gasteiger partial charge in [0.05, 0.1) is 0 Å². The fraction of sp³-hybridized carbons (Fsp3) is 0.769. The topological polar surface area (TPSA) is 17.1 Å². The third-order valence-electron chi connectivity index (χ3n) is 2.47. The van der Waals surface area contributed by atoms with Crippen LogP contribution in [0.3, 0.4) is 0 Å². The van der Waals surface area contributed by atoms with Gasteiger partial charge in [0, 0.05) is 6.42 Å². The molecule has 0 aliphatic carbocycles. The van der Waals surface area contributed by atoms with E-state index < -0.39 is 0 Å². The highest BCUT2D eigenvalue weighted by Crippen LogP contribution is 2.13. The summed E-state index contributed by atoms with van der Waals surface area (Å²) < 4.78 is 0. The SMILES string of the molecule is CCCC=CCCCC(C)CCC=O. The van der Waals surface area contributed by atoms with E-state index >= 15 is 0 Å². The minimum atomic E-state index is 0.708. The van der Waals surface area contributed by atoms with E-state index in [1.165, 1.54) is 32.1 Å². The van der Waals surface area contributed by atoms with Crippen LogP contribution >= 0.6 is 0 Å². The lowest BCUT2D eigenvalue weighted by Crippen LogP contribution is -1.94. The summed E-state index contributed by atoms with van der Waals surface area (Å²) in [5.74, 6) is 0.708. The molecule has 14 heavy (non-hydrogen) atoms. The first-order chi connectivity index (χ1) is 6.81. The Bertz CT molecular complexity index is 149. The fourth-order valence-corrected chi connectivity index (χ4v) is 1.48. The Hall–Kier alpha value is -0.590. The monoisotopic (exact) mass is 196 g/mol. The van der Waals surface area contributed by atoms with Crippen LogP contribution in [-0.2, 0) is 4.79 Å². The average Bonchev–Trinajstić information content (AvgIpc) is 2.20. The van der Waals surface area contributed by atoms with Gasteiger partial charge in [0.1, 0.15) is 6.29 Å². The van der Waals surface area contributed by atoms with E-state index in [0.717, 1.165) is 19.1 Å². The maximum absolute atomic E-state index is 10.1. The van der Waals surface area contributed by atoms with Crippen LogP contribution in [0.25, 0.3) is 0 Å². The Morgan fingerprint density at radius 2 is 1.79 bits per heavy atom. The molecule has 0 spiro atoms. The number of carbonyl (C=O) groups is 1. The summed E-state index contributed by atoms with van der Waals surface area (Å²) in [5, 5.41) is 0. The van der Waals surface area contributed by atoms with Gasteiger partial charge in [-0.05, 0) is 31.6 Å². The summed E-state index contributed by atoms with van der Waals surface area (Å²) in [5.41, 5.74) is 0. The molecule has 1 unspecified atom stereocenters. The highest BCUT2D eigenvalue weighted by atomic mass is 16.1. The van der Waals surface area contributed by atoms with Crippen LogP contribution in [0, 0.1) is 5.92 Å². The minimum Gasteiger partial charge on any atom is -0.303 e. The highest BCUT2D eigenvalue weighted by Gasteiger charge is 1.99. The Morgan fingerprint density at radius 1 is 1.07 bits per heavy atom. The van der Waals surface area contributed by atoms with Crippen molar-refractivity contribution in [1.82, 2.24) is 0 Å². The molecule has 0 saturated carbocycles. The van der Waals surface area contributed by atoms with Crippen LogP contribution in [-0.4, -0.2) is 6.29 Å². The molecule has 1 heteroatoms. The zero-order chi connectivity index (χ0) is 10.6. The zero-order valence-corrected chi connectivity index (χ0v) is 9.67. The quantitative estimate of drug-likeness (QED) is 0.308. The van der Waals surface area contributed by atoms with Crippen molar-refractivity contribution in [2.45, 2.75) is 58.8 Å². The van der Waals surface area contributed by atoms with Gasteiger partial charge in [0.25, 0.3) is 0 Å². The molecule has 0 fully saturated rings. The van der Waals surface area contributed by atoms with E-state index in [1.807, 2.05) is 0 Å². The number of carbonyl (C=O) groups excluding carboxylic acids is 1. The summed E-state index contributed by atoms with van der Waals surface area (Å²) in [6.07, 6.45) is 13.5. The predicted octanol–water partition coefficient (Wildman–Crippen LogP) is 4.13. The first-order valence-corrected chi connectivity index (χ1v) is 5.89. The van der Waals surface area contributed by atoms with E-state index in [1.54, 1.807) is 0 Å². The van der Waals surface area contributed by atoms with Crippen molar-refractivity contribution in [1.29, 1.82) is 0 Å². The number of unbranched alkanes of at least 4 members (excludes halogenated alkanes) is 2. The Labute approximate surface area is 88.6 Å². The van der Waals surface area contributed by atoms with E-state index in [9.17, 15) is 4.79 Å². The summed E-state index contributed by atoms with van der Waals surface area (Å²) in [6, 6.07) is 0. The Kier molecular flexibility index (Phi) is 10.0. The second-order valence-electron chi connectivity index (χ2n) is 4.04. The van der Waals surface area contributed by atoms with Gasteiger partial charge in [-0.25, -0.2) is 0 Å². The molecule has 0 N–H and O–H groups in total. The number of allylic oxidation sites excluding steroid dienone is 2. The number of rotatable bonds is 9.